The van der Waals surface area contributed by atoms with Crippen LogP contribution in [0.2, 0.25) is 0 Å². The summed E-state index contributed by atoms with van der Waals surface area (Å²) in [5, 5.41) is 0. The predicted molar refractivity (Wildman–Crippen MR) is 81.8 cm³/mol. The van der Waals surface area contributed by atoms with Crippen molar-refractivity contribution in [3.63, 3.8) is 0 Å². The van der Waals surface area contributed by atoms with Crippen molar-refractivity contribution in [1.82, 2.24) is 4.90 Å². The van der Waals surface area contributed by atoms with Gasteiger partial charge in [0.25, 0.3) is 0 Å². The molecule has 3 atom stereocenters. The normalized spacial score (nSPS) is 28.9. The van der Waals surface area contributed by atoms with Crippen molar-refractivity contribution >= 4 is 5.78 Å². The first kappa shape index (κ1) is 16.0. The lowest BCUT2D eigenvalue weighted by atomic mass is 9.79. The fourth-order valence-corrected chi connectivity index (χ4v) is 3.58. The molecule has 3 heteroatoms. The molecule has 0 amide bonds. The number of nitrogens with zero attached hydrogens (tertiary/aromatic N) is 1. The smallest absolute Gasteiger partial charge is 0.137 e. The second kappa shape index (κ2) is 7.56. The summed E-state index contributed by atoms with van der Waals surface area (Å²) < 4.78 is 5.25. The molecule has 2 saturated carbocycles. The molecule has 0 aromatic carbocycles. The molecular formula is C17H31NO2. The quantitative estimate of drug-likeness (QED) is 0.684. The Morgan fingerprint density at radius 1 is 1.35 bits per heavy atom. The van der Waals surface area contributed by atoms with Gasteiger partial charge in [-0.1, -0.05) is 13.3 Å². The molecule has 0 aromatic heterocycles. The van der Waals surface area contributed by atoms with Gasteiger partial charge in [-0.25, -0.2) is 0 Å². The number of ketones is 1. The lowest BCUT2D eigenvalue weighted by Crippen LogP contribution is -2.43. The highest BCUT2D eigenvalue weighted by atomic mass is 16.5. The second-order valence-electron chi connectivity index (χ2n) is 6.78. The Balaban J connectivity index is 1.92. The average Bonchev–Trinajstić information content (AvgIpc) is 3.29. The minimum Gasteiger partial charge on any atom is -0.383 e. The second-order valence-corrected chi connectivity index (χ2v) is 6.78. The first-order chi connectivity index (χ1) is 9.65. The molecule has 0 spiro atoms. The van der Waals surface area contributed by atoms with Crippen LogP contribution < -0.4 is 0 Å². The highest BCUT2D eigenvalue weighted by Gasteiger charge is 2.35. The average molecular weight is 281 g/mol. The number of rotatable bonds is 8. The Bertz CT molecular complexity index is 314. The van der Waals surface area contributed by atoms with E-state index < -0.39 is 0 Å². The number of Topliss-reactive ketones (excluding diaryl/α,β-unsaturated/α-hetero) is 1. The molecule has 0 bridgehead atoms. The van der Waals surface area contributed by atoms with Crippen LogP contribution in [0.15, 0.2) is 0 Å². The molecule has 2 aliphatic carbocycles. The largest absolute Gasteiger partial charge is 0.383 e. The summed E-state index contributed by atoms with van der Waals surface area (Å²) >= 11 is 0. The maximum Gasteiger partial charge on any atom is 0.137 e. The van der Waals surface area contributed by atoms with E-state index in [9.17, 15) is 4.79 Å². The van der Waals surface area contributed by atoms with Crippen molar-refractivity contribution < 1.29 is 9.53 Å². The van der Waals surface area contributed by atoms with Crippen LogP contribution in [0.25, 0.3) is 0 Å². The van der Waals surface area contributed by atoms with E-state index in [1.165, 1.54) is 19.3 Å². The van der Waals surface area contributed by atoms with Gasteiger partial charge in [0.15, 0.2) is 0 Å². The van der Waals surface area contributed by atoms with Gasteiger partial charge >= 0.3 is 0 Å². The summed E-state index contributed by atoms with van der Waals surface area (Å²) in [6.45, 7) is 7.28. The Kier molecular flexibility index (Phi) is 6.03. The molecular weight excluding hydrogens is 250 g/mol. The first-order valence-electron chi connectivity index (χ1n) is 8.41. The van der Waals surface area contributed by atoms with Gasteiger partial charge in [0.1, 0.15) is 5.78 Å². The molecule has 116 valence electrons. The third-order valence-corrected chi connectivity index (χ3v) is 5.37. The van der Waals surface area contributed by atoms with Gasteiger partial charge in [-0.3, -0.25) is 9.69 Å². The molecule has 20 heavy (non-hydrogen) atoms. The van der Waals surface area contributed by atoms with Gasteiger partial charge in [-0.05, 0) is 44.4 Å². The lowest BCUT2D eigenvalue weighted by molar-refractivity contribution is -0.126. The van der Waals surface area contributed by atoms with Crippen molar-refractivity contribution in [3.8, 4) is 0 Å². The third kappa shape index (κ3) is 4.29. The van der Waals surface area contributed by atoms with E-state index in [4.69, 9.17) is 4.74 Å². The summed E-state index contributed by atoms with van der Waals surface area (Å²) in [7, 11) is 1.76. The van der Waals surface area contributed by atoms with Gasteiger partial charge in [0.05, 0.1) is 6.61 Å². The van der Waals surface area contributed by atoms with Gasteiger partial charge in [0, 0.05) is 38.6 Å². The molecule has 0 aliphatic heterocycles. The van der Waals surface area contributed by atoms with E-state index in [1.807, 2.05) is 0 Å². The molecule has 2 fully saturated rings. The maximum absolute atomic E-state index is 12.2. The summed E-state index contributed by atoms with van der Waals surface area (Å²) in [5.74, 6) is 2.39. The zero-order valence-electron chi connectivity index (χ0n) is 13.4. The molecule has 3 unspecified atom stereocenters. The molecule has 3 nitrogen and oxygen atoms in total. The van der Waals surface area contributed by atoms with Crippen LogP contribution in [-0.4, -0.2) is 43.5 Å². The van der Waals surface area contributed by atoms with Gasteiger partial charge < -0.3 is 4.74 Å². The fourth-order valence-electron chi connectivity index (χ4n) is 3.58. The molecule has 2 aliphatic rings. The first-order valence-corrected chi connectivity index (χ1v) is 8.41. The highest BCUT2D eigenvalue weighted by Crippen LogP contribution is 2.36. The number of methoxy groups -OCH3 is 1. The van der Waals surface area contributed by atoms with E-state index in [0.29, 0.717) is 11.8 Å². The molecule has 0 heterocycles. The van der Waals surface area contributed by atoms with Crippen LogP contribution in [-0.2, 0) is 9.53 Å². The molecule has 0 saturated heterocycles. The van der Waals surface area contributed by atoms with Crippen LogP contribution in [0.5, 0.6) is 0 Å². The highest BCUT2D eigenvalue weighted by molar-refractivity contribution is 5.81. The zero-order valence-corrected chi connectivity index (χ0v) is 13.4. The molecule has 0 aromatic rings. The number of hydrogen-bond acceptors (Lipinski definition) is 3. The number of carbonyl (C=O) groups excluding carboxylic acids is 1. The minimum absolute atomic E-state index is 0.270. The van der Waals surface area contributed by atoms with Gasteiger partial charge in [-0.2, -0.15) is 0 Å². The van der Waals surface area contributed by atoms with E-state index >= 15 is 0 Å². The third-order valence-electron chi connectivity index (χ3n) is 5.37. The van der Waals surface area contributed by atoms with Gasteiger partial charge in [0.2, 0.25) is 0 Å². The fraction of sp³-hybridized carbons (Fsp3) is 0.941. The Labute approximate surface area is 124 Å². The number of ether oxygens (including phenoxy) is 1. The van der Waals surface area contributed by atoms with Crippen molar-refractivity contribution in [2.24, 2.45) is 17.8 Å². The summed E-state index contributed by atoms with van der Waals surface area (Å²) in [4.78, 5) is 14.7. The minimum atomic E-state index is 0.270. The van der Waals surface area contributed by atoms with Crippen LogP contribution in [0.1, 0.15) is 52.4 Å². The SMILES string of the molecule is CCC1CCC(=O)C(CN(CCOC)C(C)C2CC2)C1. The van der Waals surface area contributed by atoms with Crippen molar-refractivity contribution in [2.75, 3.05) is 26.8 Å². The Morgan fingerprint density at radius 2 is 2.10 bits per heavy atom. The predicted octanol–water partition coefficient (Wildman–Crippen LogP) is 3.13. The van der Waals surface area contributed by atoms with Crippen LogP contribution in [0.3, 0.4) is 0 Å². The van der Waals surface area contributed by atoms with Crippen LogP contribution in [0, 0.1) is 17.8 Å². The standard InChI is InChI=1S/C17H31NO2/c1-4-14-5-8-17(19)16(11-14)12-18(9-10-20-3)13(2)15-6-7-15/h13-16H,4-12H2,1-3H3. The Hall–Kier alpha value is -0.410. The van der Waals surface area contributed by atoms with Gasteiger partial charge in [-0.15, -0.1) is 0 Å². The van der Waals surface area contributed by atoms with E-state index in [0.717, 1.165) is 50.8 Å². The summed E-state index contributed by atoms with van der Waals surface area (Å²) in [6, 6.07) is 0.611. The van der Waals surface area contributed by atoms with Crippen molar-refractivity contribution in [3.05, 3.63) is 0 Å². The van der Waals surface area contributed by atoms with E-state index in [2.05, 4.69) is 18.7 Å². The molecule has 0 N–H and O–H groups in total. The molecule has 0 radical (unpaired) electrons. The monoisotopic (exact) mass is 281 g/mol. The summed E-state index contributed by atoms with van der Waals surface area (Å²) in [6.07, 6.45) is 6.97. The maximum atomic E-state index is 12.2. The summed E-state index contributed by atoms with van der Waals surface area (Å²) in [5.41, 5.74) is 0. The van der Waals surface area contributed by atoms with Crippen LogP contribution >= 0.6 is 0 Å². The van der Waals surface area contributed by atoms with E-state index in [1.54, 1.807) is 7.11 Å². The van der Waals surface area contributed by atoms with E-state index in [-0.39, 0.29) is 5.92 Å². The zero-order chi connectivity index (χ0) is 14.5. The number of hydrogen-bond donors (Lipinski definition) is 0. The Morgan fingerprint density at radius 3 is 2.70 bits per heavy atom. The van der Waals surface area contributed by atoms with Crippen molar-refractivity contribution in [1.29, 1.82) is 0 Å². The topological polar surface area (TPSA) is 29.5 Å². The lowest BCUT2D eigenvalue weighted by Gasteiger charge is -2.35. The number of carbonyl (C=O) groups is 1. The van der Waals surface area contributed by atoms with Crippen molar-refractivity contribution in [2.45, 2.75) is 58.4 Å². The van der Waals surface area contributed by atoms with Crippen LogP contribution in [0.4, 0.5) is 0 Å². The molecule has 2 rings (SSSR count).